The summed E-state index contributed by atoms with van der Waals surface area (Å²) in [4.78, 5) is 11.2. The summed E-state index contributed by atoms with van der Waals surface area (Å²) in [6, 6.07) is 4.47. The third-order valence-corrected chi connectivity index (χ3v) is 3.58. The van der Waals surface area contributed by atoms with Crippen LogP contribution in [-0.4, -0.2) is 24.3 Å². The molecule has 0 aromatic heterocycles. The number of carboxylic acid groups (broad SMARTS) is 1. The Balaban J connectivity index is 2.56. The quantitative estimate of drug-likeness (QED) is 0.637. The van der Waals surface area contributed by atoms with Crippen LogP contribution in [-0.2, 0) is 4.74 Å². The fraction of sp³-hybridized carbons (Fsp3) is 0.211. The first-order valence-electron chi connectivity index (χ1n) is 7.41. The van der Waals surface area contributed by atoms with E-state index in [0.717, 1.165) is 0 Å². The fourth-order valence-corrected chi connectivity index (χ4v) is 2.45. The van der Waals surface area contributed by atoms with E-state index in [9.17, 15) is 14.3 Å². The molecule has 0 radical (unpaired) electrons. The summed E-state index contributed by atoms with van der Waals surface area (Å²) in [5, 5.41) is 9.17. The van der Waals surface area contributed by atoms with E-state index in [1.807, 2.05) is 6.92 Å². The molecule has 1 aliphatic rings. The first-order valence-corrected chi connectivity index (χ1v) is 7.41. The summed E-state index contributed by atoms with van der Waals surface area (Å²) in [5.41, 5.74) is 1.19. The van der Waals surface area contributed by atoms with Gasteiger partial charge in [0.2, 0.25) is 0 Å². The number of fused-ring (bicyclic) bond motifs is 1. The van der Waals surface area contributed by atoms with Crippen molar-refractivity contribution in [2.45, 2.75) is 20.0 Å². The molecule has 126 valence electrons. The second-order valence-electron chi connectivity index (χ2n) is 5.28. The van der Waals surface area contributed by atoms with Crippen molar-refractivity contribution < 1.29 is 23.8 Å². The first kappa shape index (κ1) is 17.5. The zero-order valence-corrected chi connectivity index (χ0v) is 13.8. The third-order valence-electron chi connectivity index (χ3n) is 3.58. The van der Waals surface area contributed by atoms with Gasteiger partial charge in [0, 0.05) is 11.1 Å². The van der Waals surface area contributed by atoms with E-state index in [2.05, 4.69) is 6.58 Å². The topological polar surface area (TPSA) is 55.8 Å². The zero-order valence-electron chi connectivity index (χ0n) is 13.8. The SMILES string of the molecule is C=C(C1=CC(C)Oc2ccc(C(=O)O)cc21)/C(F)=C(\C=C/C)OC. The van der Waals surface area contributed by atoms with Gasteiger partial charge in [0.1, 0.15) is 11.9 Å². The van der Waals surface area contributed by atoms with Gasteiger partial charge in [-0.2, -0.15) is 0 Å². The highest BCUT2D eigenvalue weighted by atomic mass is 19.1. The molecule has 1 N–H and O–H groups in total. The molecule has 1 aromatic rings. The average molecular weight is 330 g/mol. The minimum atomic E-state index is -1.07. The lowest BCUT2D eigenvalue weighted by Gasteiger charge is -2.24. The molecule has 4 nitrogen and oxygen atoms in total. The summed E-state index contributed by atoms with van der Waals surface area (Å²) >= 11 is 0. The van der Waals surface area contributed by atoms with Crippen LogP contribution in [0, 0.1) is 0 Å². The molecule has 0 spiro atoms. The van der Waals surface area contributed by atoms with Crippen LogP contribution in [0.1, 0.15) is 29.8 Å². The number of methoxy groups -OCH3 is 1. The molecule has 0 fully saturated rings. The van der Waals surface area contributed by atoms with Gasteiger partial charge in [0.15, 0.2) is 11.6 Å². The molecule has 1 aromatic carbocycles. The van der Waals surface area contributed by atoms with Crippen LogP contribution in [0.4, 0.5) is 4.39 Å². The molecule has 0 saturated carbocycles. The van der Waals surface area contributed by atoms with Crippen LogP contribution in [0.25, 0.3) is 5.57 Å². The molecular weight excluding hydrogens is 311 g/mol. The summed E-state index contributed by atoms with van der Waals surface area (Å²) in [5.74, 6) is -1.13. The summed E-state index contributed by atoms with van der Waals surface area (Å²) < 4.78 is 25.4. The Hall–Kier alpha value is -2.82. The summed E-state index contributed by atoms with van der Waals surface area (Å²) in [6.07, 6.45) is 4.57. The maximum absolute atomic E-state index is 14.7. The van der Waals surface area contributed by atoms with Crippen LogP contribution < -0.4 is 4.74 Å². The second-order valence-corrected chi connectivity index (χ2v) is 5.28. The number of rotatable bonds is 5. The Morgan fingerprint density at radius 1 is 1.46 bits per heavy atom. The molecule has 5 heteroatoms. The molecule has 1 unspecified atom stereocenters. The molecule has 0 bridgehead atoms. The van der Waals surface area contributed by atoms with Crippen molar-refractivity contribution in [2.24, 2.45) is 0 Å². The molecule has 2 rings (SSSR count). The summed E-state index contributed by atoms with van der Waals surface area (Å²) in [6.45, 7) is 7.38. The normalized spacial score (nSPS) is 17.5. The van der Waals surface area contributed by atoms with Gasteiger partial charge >= 0.3 is 5.97 Å². The Labute approximate surface area is 140 Å². The zero-order chi connectivity index (χ0) is 17.9. The number of allylic oxidation sites excluding steroid dienone is 5. The number of carbonyl (C=O) groups is 1. The van der Waals surface area contributed by atoms with Crippen molar-refractivity contribution in [2.75, 3.05) is 7.11 Å². The number of ether oxygens (including phenoxy) is 2. The summed E-state index contributed by atoms with van der Waals surface area (Å²) in [7, 11) is 1.37. The largest absolute Gasteiger partial charge is 0.494 e. The van der Waals surface area contributed by atoms with Crippen LogP contribution in [0.3, 0.4) is 0 Å². The van der Waals surface area contributed by atoms with Gasteiger partial charge < -0.3 is 14.6 Å². The third kappa shape index (κ3) is 3.40. The van der Waals surface area contributed by atoms with Gasteiger partial charge in [0.25, 0.3) is 0 Å². The first-order chi connectivity index (χ1) is 11.4. The Morgan fingerprint density at radius 2 is 2.17 bits per heavy atom. The van der Waals surface area contributed by atoms with Gasteiger partial charge in [-0.25, -0.2) is 9.18 Å². The predicted molar refractivity (Wildman–Crippen MR) is 90.6 cm³/mol. The number of hydrogen-bond acceptors (Lipinski definition) is 3. The fourth-order valence-electron chi connectivity index (χ4n) is 2.45. The number of carboxylic acids is 1. The Bertz CT molecular complexity index is 772. The van der Waals surface area contributed by atoms with Gasteiger partial charge in [-0.15, -0.1) is 0 Å². The Kier molecular flexibility index (Phi) is 5.24. The molecule has 24 heavy (non-hydrogen) atoms. The van der Waals surface area contributed by atoms with Crippen molar-refractivity contribution in [3.63, 3.8) is 0 Å². The van der Waals surface area contributed by atoms with Crippen molar-refractivity contribution >= 4 is 11.5 Å². The monoisotopic (exact) mass is 330 g/mol. The van der Waals surface area contributed by atoms with Crippen molar-refractivity contribution in [3.05, 3.63) is 71.3 Å². The van der Waals surface area contributed by atoms with E-state index in [-0.39, 0.29) is 23.0 Å². The highest BCUT2D eigenvalue weighted by Gasteiger charge is 2.24. The lowest BCUT2D eigenvalue weighted by Crippen LogP contribution is -2.16. The van der Waals surface area contributed by atoms with Gasteiger partial charge in [-0.3, -0.25) is 0 Å². The minimum Gasteiger partial charge on any atom is -0.494 e. The number of hydrogen-bond donors (Lipinski definition) is 1. The van der Waals surface area contributed by atoms with Crippen molar-refractivity contribution in [3.8, 4) is 5.75 Å². The minimum absolute atomic E-state index is 0.0542. The van der Waals surface area contributed by atoms with Crippen LogP contribution in [0.5, 0.6) is 5.75 Å². The highest BCUT2D eigenvalue weighted by molar-refractivity contribution is 5.93. The molecule has 0 aliphatic carbocycles. The standard InChI is InChI=1S/C19H19FO4/c1-5-6-17(23-4)18(20)12(3)14-9-11(2)24-16-8-7-13(19(21)22)10-15(14)16/h5-11H,3H2,1-2,4H3,(H,21,22)/b6-5-,18-17-. The van der Waals surface area contributed by atoms with Crippen LogP contribution in [0.2, 0.25) is 0 Å². The smallest absolute Gasteiger partial charge is 0.335 e. The lowest BCUT2D eigenvalue weighted by atomic mass is 9.92. The number of halogens is 1. The van der Waals surface area contributed by atoms with Crippen LogP contribution in [0.15, 0.2) is 60.2 Å². The van der Waals surface area contributed by atoms with E-state index in [4.69, 9.17) is 9.47 Å². The maximum Gasteiger partial charge on any atom is 0.335 e. The molecule has 0 saturated heterocycles. The average Bonchev–Trinajstić information content (AvgIpc) is 2.57. The maximum atomic E-state index is 14.7. The molecule has 1 atom stereocenters. The van der Waals surface area contributed by atoms with E-state index in [1.165, 1.54) is 25.3 Å². The van der Waals surface area contributed by atoms with Crippen molar-refractivity contribution in [1.29, 1.82) is 0 Å². The molecular formula is C19H19FO4. The number of benzene rings is 1. The molecule has 0 amide bonds. The lowest BCUT2D eigenvalue weighted by molar-refractivity contribution is 0.0697. The van der Waals surface area contributed by atoms with E-state index >= 15 is 0 Å². The van der Waals surface area contributed by atoms with Gasteiger partial charge in [0.05, 0.1) is 12.7 Å². The number of aromatic carboxylic acids is 1. The van der Waals surface area contributed by atoms with E-state index < -0.39 is 11.8 Å². The Morgan fingerprint density at radius 3 is 2.75 bits per heavy atom. The molecule has 1 aliphatic heterocycles. The second kappa shape index (κ2) is 7.17. The van der Waals surface area contributed by atoms with Gasteiger partial charge in [-0.05, 0) is 49.8 Å². The predicted octanol–water partition coefficient (Wildman–Crippen LogP) is 4.51. The highest BCUT2D eigenvalue weighted by Crippen LogP contribution is 2.39. The molecule has 1 heterocycles. The van der Waals surface area contributed by atoms with E-state index in [0.29, 0.717) is 16.9 Å². The van der Waals surface area contributed by atoms with Crippen molar-refractivity contribution in [1.82, 2.24) is 0 Å². The van der Waals surface area contributed by atoms with E-state index in [1.54, 1.807) is 25.1 Å². The van der Waals surface area contributed by atoms with Gasteiger partial charge in [-0.1, -0.05) is 12.7 Å². The van der Waals surface area contributed by atoms with Crippen LogP contribution >= 0.6 is 0 Å².